The number of carbonyl (C=O) groups excluding carboxylic acids is 2. The number of amides is 2. The first kappa shape index (κ1) is 36.4. The second-order valence-electron chi connectivity index (χ2n) is 12.4. The summed E-state index contributed by atoms with van der Waals surface area (Å²) in [7, 11) is -4.93. The van der Waals surface area contributed by atoms with Gasteiger partial charge in [-0.05, 0) is 65.7 Å². The number of nitrogens with zero attached hydrogens (tertiary/aromatic N) is 3. The molecule has 0 N–H and O–H groups in total. The van der Waals surface area contributed by atoms with Crippen LogP contribution in [0.3, 0.4) is 0 Å². The predicted octanol–water partition coefficient (Wildman–Crippen LogP) is 8.33. The summed E-state index contributed by atoms with van der Waals surface area (Å²) in [6.07, 6.45) is 0.214. The Labute approximate surface area is 285 Å². The van der Waals surface area contributed by atoms with Crippen LogP contribution in [0, 0.1) is 11.6 Å². The van der Waals surface area contributed by atoms with E-state index in [1.165, 1.54) is 27.9 Å². The fourth-order valence-electron chi connectivity index (χ4n) is 4.56. The van der Waals surface area contributed by atoms with Crippen LogP contribution in [0.2, 0.25) is 10.0 Å². The molecule has 1 atom stereocenters. The minimum absolute atomic E-state index is 0.164. The Morgan fingerprint density at radius 3 is 2.36 bits per heavy atom. The topological polar surface area (TPSA) is 115 Å². The second kappa shape index (κ2) is 14.0. The van der Waals surface area contributed by atoms with Gasteiger partial charge in [-0.25, -0.2) is 31.8 Å². The van der Waals surface area contributed by atoms with E-state index in [1.807, 2.05) is 0 Å². The van der Waals surface area contributed by atoms with Gasteiger partial charge >= 0.3 is 12.2 Å². The molecule has 1 aliphatic heterocycles. The smallest absolute Gasteiger partial charge is 0.430 e. The standard InChI is InChI=1S/C31H33Cl2F2N3O7S2/c1-30(2,3)44-28(39)37-12-8-10-18(19-9-7-11-21(34)27(19)33)23(37)15-43-24-14-22(35)25(13-20(24)32)47(41,42)38(26-16-46-17-36-26)29(40)45-31(4,5)6/h7,9-11,13-14,16-17,23H,8,12,15H2,1-6H3. The van der Waals surface area contributed by atoms with Gasteiger partial charge in [0.2, 0.25) is 0 Å². The minimum atomic E-state index is -4.93. The first-order chi connectivity index (χ1) is 21.8. The van der Waals surface area contributed by atoms with Crippen molar-refractivity contribution in [1.82, 2.24) is 9.88 Å². The van der Waals surface area contributed by atoms with Crippen molar-refractivity contribution in [3.63, 3.8) is 0 Å². The highest BCUT2D eigenvalue weighted by molar-refractivity contribution is 7.93. The van der Waals surface area contributed by atoms with Crippen molar-refractivity contribution in [3.8, 4) is 5.75 Å². The average Bonchev–Trinajstić information content (AvgIpc) is 3.46. The zero-order valence-corrected chi connectivity index (χ0v) is 29.5. The third-order valence-electron chi connectivity index (χ3n) is 6.45. The molecule has 254 valence electrons. The van der Waals surface area contributed by atoms with Gasteiger partial charge in [0.15, 0.2) is 5.82 Å². The van der Waals surface area contributed by atoms with Crippen molar-refractivity contribution < 1.29 is 41.0 Å². The van der Waals surface area contributed by atoms with E-state index in [9.17, 15) is 22.4 Å². The predicted molar refractivity (Wildman–Crippen MR) is 176 cm³/mol. The summed E-state index contributed by atoms with van der Waals surface area (Å²) >= 11 is 13.8. The van der Waals surface area contributed by atoms with Crippen LogP contribution < -0.4 is 9.04 Å². The SMILES string of the molecule is CC(C)(C)OC(=O)N1CCC=C(c2cccc(F)c2Cl)C1COc1cc(F)c(S(=O)(=O)N(C(=O)OC(C)(C)C)c2cscn2)cc1Cl. The average molecular weight is 733 g/mol. The molecule has 0 bridgehead atoms. The third kappa shape index (κ3) is 8.53. The molecule has 16 heteroatoms. The zero-order valence-electron chi connectivity index (χ0n) is 26.3. The van der Waals surface area contributed by atoms with Gasteiger partial charge < -0.3 is 14.2 Å². The van der Waals surface area contributed by atoms with Crippen molar-refractivity contribution in [2.24, 2.45) is 0 Å². The molecule has 0 aliphatic carbocycles. The van der Waals surface area contributed by atoms with Crippen molar-refractivity contribution in [3.05, 3.63) is 74.5 Å². The van der Waals surface area contributed by atoms with Crippen LogP contribution in [0.25, 0.3) is 5.57 Å². The van der Waals surface area contributed by atoms with Crippen molar-refractivity contribution in [2.45, 2.75) is 70.1 Å². The fourth-order valence-corrected chi connectivity index (χ4v) is 7.02. The van der Waals surface area contributed by atoms with E-state index in [1.54, 1.807) is 53.7 Å². The van der Waals surface area contributed by atoms with Gasteiger partial charge in [0.1, 0.15) is 40.1 Å². The fraction of sp³-hybridized carbons (Fsp3) is 0.387. The third-order valence-corrected chi connectivity index (χ3v) is 9.39. The molecule has 0 fully saturated rings. The molecule has 2 aromatic carbocycles. The lowest BCUT2D eigenvalue weighted by molar-refractivity contribution is 0.0162. The molecule has 0 saturated heterocycles. The molecule has 3 aromatic rings. The van der Waals surface area contributed by atoms with Crippen LogP contribution in [0.5, 0.6) is 5.75 Å². The molecule has 0 spiro atoms. The highest BCUT2D eigenvalue weighted by Crippen LogP contribution is 2.37. The van der Waals surface area contributed by atoms with Gasteiger partial charge in [0.05, 0.1) is 21.6 Å². The van der Waals surface area contributed by atoms with Gasteiger partial charge in [-0.1, -0.05) is 41.4 Å². The molecule has 0 saturated carbocycles. The van der Waals surface area contributed by atoms with Crippen LogP contribution in [0.1, 0.15) is 53.5 Å². The molecule has 2 amide bonds. The van der Waals surface area contributed by atoms with Crippen LogP contribution in [-0.4, -0.2) is 60.9 Å². The Morgan fingerprint density at radius 1 is 1.06 bits per heavy atom. The van der Waals surface area contributed by atoms with Gasteiger partial charge in [0, 0.05) is 23.6 Å². The van der Waals surface area contributed by atoms with E-state index in [2.05, 4.69) is 4.98 Å². The summed E-state index contributed by atoms with van der Waals surface area (Å²) in [5.74, 6) is -2.51. The van der Waals surface area contributed by atoms with Gasteiger partial charge in [-0.2, -0.15) is 0 Å². The molecule has 10 nitrogen and oxygen atoms in total. The highest BCUT2D eigenvalue weighted by Gasteiger charge is 2.39. The highest BCUT2D eigenvalue weighted by atomic mass is 35.5. The number of benzene rings is 2. The summed E-state index contributed by atoms with van der Waals surface area (Å²) in [4.78, 5) is 30.6. The maximum atomic E-state index is 15.7. The number of halogens is 4. The molecule has 1 aliphatic rings. The van der Waals surface area contributed by atoms with Gasteiger partial charge in [0.25, 0.3) is 10.0 Å². The lowest BCUT2D eigenvalue weighted by Gasteiger charge is -2.37. The summed E-state index contributed by atoms with van der Waals surface area (Å²) in [5, 5.41) is 0.805. The summed E-state index contributed by atoms with van der Waals surface area (Å²) in [6.45, 7) is 9.63. The Morgan fingerprint density at radius 2 is 1.74 bits per heavy atom. The quantitative estimate of drug-likeness (QED) is 0.238. The number of sulfonamides is 1. The summed E-state index contributed by atoms with van der Waals surface area (Å²) in [5.41, 5.74) is 0.160. The Kier molecular flexibility index (Phi) is 10.8. The Balaban J connectivity index is 1.69. The van der Waals surface area contributed by atoms with Gasteiger partial charge in [-0.15, -0.1) is 15.6 Å². The number of ether oxygens (including phenoxy) is 3. The molecular formula is C31H33Cl2F2N3O7S2. The van der Waals surface area contributed by atoms with Crippen LogP contribution in [-0.2, 0) is 19.5 Å². The Hall–Kier alpha value is -3.46. The Bertz CT molecular complexity index is 1790. The maximum Gasteiger partial charge on any atom is 0.430 e. The lowest BCUT2D eigenvalue weighted by Crippen LogP contribution is -2.48. The van der Waals surface area contributed by atoms with Crippen LogP contribution in [0.4, 0.5) is 24.2 Å². The van der Waals surface area contributed by atoms with E-state index < -0.39 is 56.0 Å². The maximum absolute atomic E-state index is 15.7. The molecule has 0 radical (unpaired) electrons. The zero-order chi connectivity index (χ0) is 34.9. The molecular weight excluding hydrogens is 699 g/mol. The largest absolute Gasteiger partial charge is 0.489 e. The van der Waals surface area contributed by atoms with Gasteiger partial charge in [-0.3, -0.25) is 4.90 Å². The number of thiazole rings is 1. The number of hydrogen-bond acceptors (Lipinski definition) is 9. The number of rotatable bonds is 7. The normalized spacial score (nSPS) is 15.6. The van der Waals surface area contributed by atoms with Crippen LogP contribution >= 0.6 is 34.5 Å². The first-order valence-electron chi connectivity index (χ1n) is 14.2. The molecule has 1 aromatic heterocycles. The number of carbonyl (C=O) groups is 2. The summed E-state index contributed by atoms with van der Waals surface area (Å²) < 4.78 is 74.5. The van der Waals surface area contributed by atoms with E-state index in [0.29, 0.717) is 17.6 Å². The number of aromatic nitrogens is 1. The van der Waals surface area contributed by atoms with E-state index in [0.717, 1.165) is 23.5 Å². The lowest BCUT2D eigenvalue weighted by atomic mass is 9.93. The second-order valence-corrected chi connectivity index (χ2v) is 15.6. The van der Waals surface area contributed by atoms with E-state index >= 15 is 4.39 Å². The van der Waals surface area contributed by atoms with E-state index in [-0.39, 0.29) is 39.1 Å². The van der Waals surface area contributed by atoms with Crippen LogP contribution in [0.15, 0.2) is 52.2 Å². The number of anilines is 1. The minimum Gasteiger partial charge on any atom is -0.489 e. The van der Waals surface area contributed by atoms with Crippen molar-refractivity contribution >= 4 is 68.1 Å². The van der Waals surface area contributed by atoms with Crippen molar-refractivity contribution in [2.75, 3.05) is 17.5 Å². The summed E-state index contributed by atoms with van der Waals surface area (Å²) in [6, 6.07) is 4.92. The molecule has 2 heterocycles. The molecule has 4 rings (SSSR count). The molecule has 1 unspecified atom stereocenters. The van der Waals surface area contributed by atoms with Crippen molar-refractivity contribution in [1.29, 1.82) is 0 Å². The van der Waals surface area contributed by atoms with E-state index in [4.69, 9.17) is 37.4 Å². The number of hydrogen-bond donors (Lipinski definition) is 0. The monoisotopic (exact) mass is 731 g/mol. The first-order valence-corrected chi connectivity index (χ1v) is 17.4. The molecule has 47 heavy (non-hydrogen) atoms.